The zero-order chi connectivity index (χ0) is 54.3. The predicted octanol–water partition coefficient (Wildman–Crippen LogP) is 7.24. The van der Waals surface area contributed by atoms with Crippen molar-refractivity contribution in [2.45, 2.75) is 109 Å². The molecule has 4 N–H and O–H groups in total. The molecule has 5 aromatic rings. The number of halogens is 2. The van der Waals surface area contributed by atoms with Gasteiger partial charge < -0.3 is 49.8 Å². The lowest BCUT2D eigenvalue weighted by Gasteiger charge is -2.40. The van der Waals surface area contributed by atoms with E-state index in [-0.39, 0.29) is 56.7 Å². The van der Waals surface area contributed by atoms with E-state index in [1.54, 1.807) is 56.3 Å². The fraction of sp³-hybridized carbons (Fsp3) is 0.446. The van der Waals surface area contributed by atoms with Gasteiger partial charge in [-0.3, -0.25) is 29.0 Å². The number of carboxylic acids is 1. The number of nitrogens with zero attached hydrogens (tertiary/aromatic N) is 6. The Morgan fingerprint density at radius 1 is 0.880 bits per heavy atom. The van der Waals surface area contributed by atoms with Gasteiger partial charge in [-0.1, -0.05) is 60.3 Å². The van der Waals surface area contributed by atoms with Crippen LogP contribution in [0.3, 0.4) is 0 Å². The second-order valence-electron chi connectivity index (χ2n) is 19.7. The van der Waals surface area contributed by atoms with E-state index in [9.17, 15) is 29.1 Å². The summed E-state index contributed by atoms with van der Waals surface area (Å²) in [5, 5.41) is 20.1. The molecule has 6 atom stereocenters. The number of aryl methyl sites for hydroxylation is 1. The molecular weight excluding hydrogens is 998 g/mol. The lowest BCUT2D eigenvalue weighted by molar-refractivity contribution is -0.145. The van der Waals surface area contributed by atoms with Gasteiger partial charge in [-0.15, -0.1) is 0 Å². The zero-order valence-electron chi connectivity index (χ0n) is 44.1. The standard InChI is InChI=1S/C56H71Cl2N9O8/c1-35-12-11-13-43(61-35)27-40(28-53(69)70)55(72)67(7)48-15-10-9-14-46(48)62-52(68)30-44(26-37-16-21-41(57)22-17-37)65(5)56(73)47(34-74-8)63-54(71)36(2)59-31-39-18-23-42(58)29-50(39)75-45-24-19-38(20-25-45)49-32-60-51(66(49)6)33-64(3)4/h11-13,16-25,29,32,36,40,44,46-48,59H,9-10,14-15,26-28,30-31,33-34H2,1-8H3,(H,62,68)(H,63,71)(H,69,70)/t36-,40+,44-,46-,47-,48-/m0/s1. The normalized spacial score (nSPS) is 16.1. The molecule has 0 saturated heterocycles. The fourth-order valence-electron chi connectivity index (χ4n) is 9.49. The number of likely N-dealkylation sites (N-methyl/N-ethyl adjacent to an activating group) is 2. The Morgan fingerprint density at radius 2 is 1.59 bits per heavy atom. The first-order valence-electron chi connectivity index (χ1n) is 25.3. The number of carboxylic acid groups (broad SMARTS) is 1. The van der Waals surface area contributed by atoms with E-state index in [0.717, 1.165) is 46.7 Å². The van der Waals surface area contributed by atoms with Crippen molar-refractivity contribution >= 4 is 52.8 Å². The molecule has 4 amide bonds. The first-order chi connectivity index (χ1) is 35.8. The number of nitrogens with one attached hydrogen (secondary N) is 3. The van der Waals surface area contributed by atoms with Crippen molar-refractivity contribution in [1.29, 1.82) is 0 Å². The van der Waals surface area contributed by atoms with Gasteiger partial charge in [0.05, 0.1) is 49.5 Å². The molecule has 6 rings (SSSR count). The van der Waals surface area contributed by atoms with Crippen molar-refractivity contribution in [3.8, 4) is 22.8 Å². The quantitative estimate of drug-likeness (QED) is 0.0458. The Morgan fingerprint density at radius 3 is 2.27 bits per heavy atom. The Labute approximate surface area is 450 Å². The van der Waals surface area contributed by atoms with Crippen LogP contribution in [0.25, 0.3) is 11.3 Å². The maximum Gasteiger partial charge on any atom is 0.304 e. The maximum absolute atomic E-state index is 14.5. The minimum atomic E-state index is -1.10. The molecule has 75 heavy (non-hydrogen) atoms. The maximum atomic E-state index is 14.5. The lowest BCUT2D eigenvalue weighted by Crippen LogP contribution is -2.57. The highest BCUT2D eigenvalue weighted by Crippen LogP contribution is 2.31. The fourth-order valence-corrected chi connectivity index (χ4v) is 9.78. The van der Waals surface area contributed by atoms with Crippen LogP contribution in [-0.2, 0) is 61.7 Å². The summed E-state index contributed by atoms with van der Waals surface area (Å²) >= 11 is 12.7. The number of amides is 4. The van der Waals surface area contributed by atoms with Gasteiger partial charge >= 0.3 is 5.97 Å². The van der Waals surface area contributed by atoms with E-state index in [4.69, 9.17) is 32.7 Å². The smallest absolute Gasteiger partial charge is 0.304 e. The van der Waals surface area contributed by atoms with Crippen LogP contribution in [0.5, 0.6) is 11.5 Å². The van der Waals surface area contributed by atoms with Crippen LogP contribution in [0, 0.1) is 12.8 Å². The summed E-state index contributed by atoms with van der Waals surface area (Å²) in [6.07, 6.45) is 4.71. The molecule has 1 saturated carbocycles. The number of ether oxygens (including phenoxy) is 2. The topological polar surface area (TPSA) is 201 Å². The Bertz CT molecular complexity index is 2740. The first kappa shape index (κ1) is 57.9. The second-order valence-corrected chi connectivity index (χ2v) is 20.6. The highest BCUT2D eigenvalue weighted by Gasteiger charge is 2.37. The van der Waals surface area contributed by atoms with Crippen LogP contribution >= 0.6 is 23.2 Å². The third-order valence-electron chi connectivity index (χ3n) is 13.7. The van der Waals surface area contributed by atoms with Crippen LogP contribution in [-0.4, -0.2) is 136 Å². The second kappa shape index (κ2) is 27.4. The molecule has 0 radical (unpaired) electrons. The average molecular weight is 1070 g/mol. The van der Waals surface area contributed by atoms with E-state index in [2.05, 4.69) is 35.4 Å². The average Bonchev–Trinajstić information content (AvgIpc) is 3.73. The van der Waals surface area contributed by atoms with Crippen molar-refractivity contribution in [2.75, 3.05) is 41.9 Å². The van der Waals surface area contributed by atoms with E-state index in [1.165, 1.54) is 12.0 Å². The number of hydrogen-bond donors (Lipinski definition) is 4. The highest BCUT2D eigenvalue weighted by atomic mass is 35.5. The van der Waals surface area contributed by atoms with Gasteiger partial charge in [0, 0.05) is 92.3 Å². The number of carbonyl (C=O) groups excluding carboxylic acids is 4. The first-order valence-corrected chi connectivity index (χ1v) is 26.0. The molecule has 19 heteroatoms. The Hall–Kier alpha value is -6.37. The molecule has 0 aliphatic heterocycles. The third-order valence-corrected chi connectivity index (χ3v) is 14.2. The van der Waals surface area contributed by atoms with Crippen LogP contribution in [0.15, 0.2) is 91.1 Å². The molecule has 0 unspecified atom stereocenters. The molecule has 3 aromatic carbocycles. The summed E-state index contributed by atoms with van der Waals surface area (Å²) in [7, 11) is 10.7. The molecule has 1 aliphatic rings. The van der Waals surface area contributed by atoms with Gasteiger partial charge in [0.1, 0.15) is 23.4 Å². The zero-order valence-corrected chi connectivity index (χ0v) is 45.7. The molecule has 1 aliphatic carbocycles. The van der Waals surface area contributed by atoms with Crippen molar-refractivity contribution in [2.24, 2.45) is 13.0 Å². The molecule has 2 aromatic heterocycles. The van der Waals surface area contributed by atoms with Crippen LogP contribution in [0.4, 0.5) is 0 Å². The van der Waals surface area contributed by atoms with Gasteiger partial charge in [0.2, 0.25) is 23.6 Å². The van der Waals surface area contributed by atoms with E-state index >= 15 is 0 Å². The monoisotopic (exact) mass is 1070 g/mol. The van der Waals surface area contributed by atoms with Gasteiger partial charge in [0.25, 0.3) is 0 Å². The number of hydrogen-bond acceptors (Lipinski definition) is 11. The van der Waals surface area contributed by atoms with Gasteiger partial charge in [-0.05, 0) is 113 Å². The number of rotatable bonds is 25. The van der Waals surface area contributed by atoms with Crippen LogP contribution < -0.4 is 20.7 Å². The van der Waals surface area contributed by atoms with Crippen molar-refractivity contribution in [1.82, 2.24) is 45.2 Å². The molecular formula is C56H71Cl2N9O8. The van der Waals surface area contributed by atoms with E-state index < -0.39 is 47.9 Å². The molecule has 1 fully saturated rings. The molecule has 402 valence electrons. The van der Waals surface area contributed by atoms with Crippen LogP contribution in [0.2, 0.25) is 10.0 Å². The Kier molecular flexibility index (Phi) is 21.2. The number of pyridine rings is 1. The number of aliphatic carboxylic acids is 1. The Balaban J connectivity index is 1.10. The van der Waals surface area contributed by atoms with Crippen LogP contribution in [0.1, 0.15) is 73.8 Å². The van der Waals surface area contributed by atoms with Crippen molar-refractivity contribution in [3.05, 3.63) is 130 Å². The number of methoxy groups -OCH3 is 1. The minimum Gasteiger partial charge on any atom is -0.481 e. The van der Waals surface area contributed by atoms with E-state index in [1.807, 2.05) is 88.9 Å². The summed E-state index contributed by atoms with van der Waals surface area (Å²) in [4.78, 5) is 82.8. The summed E-state index contributed by atoms with van der Waals surface area (Å²) in [5.74, 6) is -1.47. The minimum absolute atomic E-state index is 0.101. The van der Waals surface area contributed by atoms with Gasteiger partial charge in [0.15, 0.2) is 0 Å². The molecule has 2 heterocycles. The molecule has 0 bridgehead atoms. The van der Waals surface area contributed by atoms with Gasteiger partial charge in [-0.25, -0.2) is 4.98 Å². The number of benzene rings is 3. The largest absolute Gasteiger partial charge is 0.481 e. The third kappa shape index (κ3) is 16.6. The predicted molar refractivity (Wildman–Crippen MR) is 289 cm³/mol. The summed E-state index contributed by atoms with van der Waals surface area (Å²) in [6.45, 7) is 4.33. The number of carbonyl (C=O) groups is 5. The van der Waals surface area contributed by atoms with Gasteiger partial charge in [-0.2, -0.15) is 0 Å². The molecule has 0 spiro atoms. The number of aromatic nitrogens is 3. The summed E-state index contributed by atoms with van der Waals surface area (Å²) in [6, 6.07) is 22.2. The summed E-state index contributed by atoms with van der Waals surface area (Å²) < 4.78 is 13.9. The number of imidazole rings is 1. The van der Waals surface area contributed by atoms with Crippen molar-refractivity contribution < 1.29 is 38.6 Å². The lowest BCUT2D eigenvalue weighted by atomic mass is 9.87. The molecule has 17 nitrogen and oxygen atoms in total. The highest BCUT2D eigenvalue weighted by molar-refractivity contribution is 6.31. The van der Waals surface area contributed by atoms with Crippen molar-refractivity contribution in [3.63, 3.8) is 0 Å². The van der Waals surface area contributed by atoms with E-state index in [0.29, 0.717) is 46.6 Å². The SMILES string of the molecule is COC[C@H](NC(=O)[C@H](C)NCc1ccc(Cl)cc1Oc1ccc(-c2cnc(CN(C)C)n2C)cc1)C(=O)N(C)[C@H](CC(=O)N[C@H]1CCCC[C@@H]1N(C)C(=O)[C@@H](CC(=O)O)Cc1cccc(C)n1)Cc1ccc(Cl)cc1. The summed E-state index contributed by atoms with van der Waals surface area (Å²) in [5.41, 5.74) is 4.93.